The lowest BCUT2D eigenvalue weighted by Gasteiger charge is -2.37. The normalized spacial score (nSPS) is 20.8. The maximum Gasteiger partial charge on any atom is 0.0110 e. The average Bonchev–Trinajstić information content (AvgIpc) is 2.34. The van der Waals surface area contributed by atoms with Gasteiger partial charge in [0.1, 0.15) is 0 Å². The van der Waals surface area contributed by atoms with Crippen LogP contribution in [0.15, 0.2) is 0 Å². The van der Waals surface area contributed by atoms with Crippen LogP contribution in [0.1, 0.15) is 13.8 Å². The molecule has 0 aromatic rings. The Morgan fingerprint density at radius 3 is 2.06 bits per heavy atom. The Bertz CT molecular complexity index is 213. The summed E-state index contributed by atoms with van der Waals surface area (Å²) >= 11 is 4.49. The summed E-state index contributed by atoms with van der Waals surface area (Å²) in [5.74, 6) is 2.49. The molecule has 1 fully saturated rings. The highest BCUT2D eigenvalue weighted by atomic mass is 32.1. The molecule has 1 aliphatic heterocycles. The van der Waals surface area contributed by atoms with E-state index in [0.717, 1.165) is 17.6 Å². The fourth-order valence-corrected chi connectivity index (χ4v) is 2.89. The van der Waals surface area contributed by atoms with Crippen LogP contribution in [0.3, 0.4) is 0 Å². The zero-order valence-corrected chi connectivity index (χ0v) is 13.5. The third kappa shape index (κ3) is 5.91. The third-order valence-corrected chi connectivity index (χ3v) is 4.47. The number of rotatable bonds is 7. The zero-order chi connectivity index (χ0) is 13.5. The topological polar surface area (TPSA) is 9.72 Å². The highest BCUT2D eigenvalue weighted by Crippen LogP contribution is 2.15. The Labute approximate surface area is 119 Å². The molecule has 0 N–H and O–H groups in total. The van der Waals surface area contributed by atoms with Gasteiger partial charge in [-0.05, 0) is 31.7 Å². The first kappa shape index (κ1) is 16.3. The van der Waals surface area contributed by atoms with Gasteiger partial charge in [0, 0.05) is 45.8 Å². The van der Waals surface area contributed by atoms with Gasteiger partial charge in [-0.15, -0.1) is 0 Å². The van der Waals surface area contributed by atoms with Gasteiger partial charge < -0.3 is 9.80 Å². The molecule has 4 heteroatoms. The molecule has 0 aliphatic carbocycles. The zero-order valence-electron chi connectivity index (χ0n) is 12.6. The second-order valence-electron chi connectivity index (χ2n) is 6.13. The maximum absolute atomic E-state index is 4.49. The molecule has 1 atom stereocenters. The highest BCUT2D eigenvalue weighted by Gasteiger charge is 2.20. The Hall–Kier alpha value is 0.230. The van der Waals surface area contributed by atoms with Crippen LogP contribution in [0.2, 0.25) is 0 Å². The molecule has 1 heterocycles. The van der Waals surface area contributed by atoms with Gasteiger partial charge in [-0.2, -0.15) is 12.6 Å². The van der Waals surface area contributed by atoms with Gasteiger partial charge in [0.05, 0.1) is 0 Å². The van der Waals surface area contributed by atoms with Crippen molar-refractivity contribution < 1.29 is 0 Å². The molecule has 18 heavy (non-hydrogen) atoms. The van der Waals surface area contributed by atoms with Crippen LogP contribution in [0.4, 0.5) is 0 Å². The van der Waals surface area contributed by atoms with E-state index in [2.05, 4.69) is 55.3 Å². The van der Waals surface area contributed by atoms with Gasteiger partial charge in [0.15, 0.2) is 0 Å². The molecule has 108 valence electrons. The lowest BCUT2D eigenvalue weighted by Crippen LogP contribution is -2.49. The molecule has 0 amide bonds. The predicted octanol–water partition coefficient (Wildman–Crippen LogP) is 1.37. The van der Waals surface area contributed by atoms with Crippen LogP contribution in [0, 0.1) is 11.8 Å². The number of hydrogen-bond donors (Lipinski definition) is 1. The second kappa shape index (κ2) is 8.41. The van der Waals surface area contributed by atoms with Gasteiger partial charge in [-0.1, -0.05) is 13.8 Å². The lowest BCUT2D eigenvalue weighted by atomic mass is 9.97. The van der Waals surface area contributed by atoms with E-state index < -0.39 is 0 Å². The van der Waals surface area contributed by atoms with Crippen molar-refractivity contribution in [2.75, 3.05) is 65.7 Å². The summed E-state index contributed by atoms with van der Waals surface area (Å²) in [6.45, 7) is 13.1. The predicted molar refractivity (Wildman–Crippen MR) is 83.6 cm³/mol. The number of thiol groups is 1. The van der Waals surface area contributed by atoms with Gasteiger partial charge in [0.2, 0.25) is 0 Å². The molecule has 1 unspecified atom stereocenters. The molecule has 0 aromatic carbocycles. The summed E-state index contributed by atoms with van der Waals surface area (Å²) < 4.78 is 0. The van der Waals surface area contributed by atoms with Crippen LogP contribution in [-0.2, 0) is 0 Å². The van der Waals surface area contributed by atoms with Crippen molar-refractivity contribution in [1.29, 1.82) is 0 Å². The van der Waals surface area contributed by atoms with Crippen LogP contribution in [0.5, 0.6) is 0 Å². The van der Waals surface area contributed by atoms with E-state index in [1.165, 1.54) is 45.8 Å². The average molecular weight is 273 g/mol. The lowest BCUT2D eigenvalue weighted by molar-refractivity contribution is 0.108. The molecular weight excluding hydrogens is 242 g/mol. The first-order valence-corrected chi connectivity index (χ1v) is 7.86. The van der Waals surface area contributed by atoms with E-state index in [0.29, 0.717) is 0 Å². The van der Waals surface area contributed by atoms with Gasteiger partial charge in [0.25, 0.3) is 0 Å². The molecular formula is C14H31N3S. The quantitative estimate of drug-likeness (QED) is 0.702. The summed E-state index contributed by atoms with van der Waals surface area (Å²) in [6, 6.07) is 0. The smallest absolute Gasteiger partial charge is 0.0110 e. The molecule has 0 saturated carbocycles. The van der Waals surface area contributed by atoms with Crippen molar-refractivity contribution in [1.82, 2.24) is 14.7 Å². The van der Waals surface area contributed by atoms with Gasteiger partial charge in [-0.25, -0.2) is 0 Å². The van der Waals surface area contributed by atoms with Crippen LogP contribution in [-0.4, -0.2) is 80.4 Å². The Balaban J connectivity index is 2.22. The Morgan fingerprint density at radius 1 is 1.06 bits per heavy atom. The fraction of sp³-hybridized carbons (Fsp3) is 1.00. The van der Waals surface area contributed by atoms with E-state index in [-0.39, 0.29) is 0 Å². The molecule has 1 rings (SSSR count). The second-order valence-corrected chi connectivity index (χ2v) is 6.50. The minimum Gasteiger partial charge on any atom is -0.308 e. The van der Waals surface area contributed by atoms with E-state index >= 15 is 0 Å². The summed E-state index contributed by atoms with van der Waals surface area (Å²) in [5.41, 5.74) is 0. The summed E-state index contributed by atoms with van der Waals surface area (Å²) in [6.07, 6.45) is 0. The van der Waals surface area contributed by atoms with E-state index in [1.54, 1.807) is 0 Å². The van der Waals surface area contributed by atoms with Crippen LogP contribution in [0.25, 0.3) is 0 Å². The number of hydrogen-bond acceptors (Lipinski definition) is 4. The first-order valence-electron chi connectivity index (χ1n) is 7.23. The molecule has 0 radical (unpaired) electrons. The highest BCUT2D eigenvalue weighted by molar-refractivity contribution is 7.80. The van der Waals surface area contributed by atoms with Gasteiger partial charge in [-0.3, -0.25) is 4.90 Å². The number of likely N-dealkylation sites (N-methyl/N-ethyl adjacent to an activating group) is 1. The fourth-order valence-electron chi connectivity index (χ4n) is 2.35. The van der Waals surface area contributed by atoms with Crippen LogP contribution >= 0.6 is 12.6 Å². The standard InChI is InChI=1S/C14H31N3S/c1-13(2)14(12-18)11-17-9-7-16(8-10-17)6-5-15(3)4/h13-14,18H,5-12H2,1-4H3. The number of piperazine rings is 1. The summed E-state index contributed by atoms with van der Waals surface area (Å²) in [5, 5.41) is 0. The summed E-state index contributed by atoms with van der Waals surface area (Å²) in [7, 11) is 4.30. The van der Waals surface area contributed by atoms with E-state index in [4.69, 9.17) is 0 Å². The SMILES string of the molecule is CC(C)C(CS)CN1CCN(CCN(C)C)CC1. The summed E-state index contributed by atoms with van der Waals surface area (Å²) in [4.78, 5) is 7.47. The molecule has 1 aliphatic rings. The van der Waals surface area contributed by atoms with Gasteiger partial charge >= 0.3 is 0 Å². The van der Waals surface area contributed by atoms with E-state index in [1.807, 2.05) is 0 Å². The minimum atomic E-state index is 0.738. The maximum atomic E-state index is 4.49. The van der Waals surface area contributed by atoms with Crippen molar-refractivity contribution in [3.05, 3.63) is 0 Å². The van der Waals surface area contributed by atoms with Crippen molar-refractivity contribution in [2.45, 2.75) is 13.8 Å². The van der Waals surface area contributed by atoms with Crippen molar-refractivity contribution >= 4 is 12.6 Å². The van der Waals surface area contributed by atoms with Crippen molar-refractivity contribution in [3.8, 4) is 0 Å². The largest absolute Gasteiger partial charge is 0.308 e. The first-order chi connectivity index (χ1) is 8.52. The van der Waals surface area contributed by atoms with Crippen molar-refractivity contribution in [2.24, 2.45) is 11.8 Å². The Morgan fingerprint density at radius 2 is 1.61 bits per heavy atom. The molecule has 3 nitrogen and oxygen atoms in total. The number of nitrogens with zero attached hydrogens (tertiary/aromatic N) is 3. The molecule has 0 bridgehead atoms. The monoisotopic (exact) mass is 273 g/mol. The molecule has 0 spiro atoms. The Kier molecular flexibility index (Phi) is 7.61. The van der Waals surface area contributed by atoms with Crippen molar-refractivity contribution in [3.63, 3.8) is 0 Å². The molecule has 1 saturated heterocycles. The molecule has 0 aromatic heterocycles. The third-order valence-electron chi connectivity index (χ3n) is 4.00. The van der Waals surface area contributed by atoms with Crippen LogP contribution < -0.4 is 0 Å². The minimum absolute atomic E-state index is 0.738. The van der Waals surface area contributed by atoms with E-state index in [9.17, 15) is 0 Å².